The Morgan fingerprint density at radius 3 is 1.50 bits per heavy atom. The Hall–Kier alpha value is 0.244. The Labute approximate surface area is 35.2 Å². The van der Waals surface area contributed by atoms with Crippen LogP contribution in [0.4, 0.5) is 3.09 Å². The van der Waals surface area contributed by atoms with Gasteiger partial charge >= 0.3 is 24.1 Å². The molecular weight excluding hydrogens is 96.9 g/mol. The summed E-state index contributed by atoms with van der Waals surface area (Å²) >= 11 is 0.500. The first-order chi connectivity index (χ1) is 2.00. The molecule has 0 aromatic carbocycles. The Balaban J connectivity index is 0. The van der Waals surface area contributed by atoms with Crippen molar-refractivity contribution < 1.29 is 24.1 Å². The molecule has 0 aliphatic heterocycles. The second-order valence-corrected chi connectivity index (χ2v) is 0. The van der Waals surface area contributed by atoms with Crippen LogP contribution < -0.4 is 0 Å². The van der Waals surface area contributed by atoms with Crippen molar-refractivity contribution in [2.75, 3.05) is 0 Å². The van der Waals surface area contributed by atoms with Gasteiger partial charge in [-0.15, -0.1) is 0 Å². The zero-order chi connectivity index (χ0) is 4.00. The fraction of sp³-hybridized carbons (Fsp3) is 0. The maximum absolute atomic E-state index is 9.50. The van der Waals surface area contributed by atoms with Gasteiger partial charge in [-0.05, 0) is 0 Å². The van der Waals surface area contributed by atoms with Crippen LogP contribution in [0.3, 0.4) is 0 Å². The molecule has 0 atom stereocenters. The number of nitrogens with one attached hydrogen (secondary N) is 1. The van der Waals surface area contributed by atoms with E-state index in [9.17, 15) is 3.09 Å². The van der Waals surface area contributed by atoms with E-state index in [4.69, 9.17) is 4.91 Å². The molecule has 2 nitrogen and oxygen atoms in total. The van der Waals surface area contributed by atoms with Crippen molar-refractivity contribution in [3.8, 4) is 0 Å². The van der Waals surface area contributed by atoms with Crippen LogP contribution in [0.5, 0.6) is 0 Å². The van der Waals surface area contributed by atoms with Crippen LogP contribution in [-0.2, 0) is 21.0 Å². The topological polar surface area (TPSA) is 40.9 Å². The van der Waals surface area contributed by atoms with E-state index < -0.39 is 0 Å². The first kappa shape index (κ1) is 8.87. The van der Waals surface area contributed by atoms with E-state index in [2.05, 4.69) is 5.59 Å². The third-order valence-electron chi connectivity index (χ3n) is 0. The predicted octanol–water partition coefficient (Wildman–Crippen LogP) is 0.749. The summed E-state index contributed by atoms with van der Waals surface area (Å²) < 4.78 is 9.50. The molecule has 0 saturated carbocycles. The van der Waals surface area contributed by atoms with Gasteiger partial charge in [0, 0.05) is 0 Å². The monoisotopic (exact) mass is 98.0 g/mol. The average molecular weight is 97.9 g/mol. The third-order valence-corrected chi connectivity index (χ3v) is 0. The first-order valence-electron chi connectivity index (χ1n) is 0.393. The molecule has 1 N–H and O–H groups in total. The summed E-state index contributed by atoms with van der Waals surface area (Å²) in [5, 5.41) is 0. The van der Waals surface area contributed by atoms with Gasteiger partial charge in [0.2, 0.25) is 0 Å². The van der Waals surface area contributed by atoms with Gasteiger partial charge < -0.3 is 0 Å². The van der Waals surface area contributed by atoms with Gasteiger partial charge in [-0.1, -0.05) is 5.59 Å². The fourth-order valence-electron chi connectivity index (χ4n) is 0. The van der Waals surface area contributed by atoms with Gasteiger partial charge in [0.05, 0.1) is 0 Å². The molecule has 0 spiro atoms. The number of halogens is 1. The normalized spacial score (nSPS) is 2.00. The molecular formula is HFNOTi. The van der Waals surface area contributed by atoms with Gasteiger partial charge in [0.1, 0.15) is 0 Å². The summed E-state index contributed by atoms with van der Waals surface area (Å²) in [5.41, 5.74) is 4.50. The summed E-state index contributed by atoms with van der Waals surface area (Å²) in [4.78, 5) is 7.50. The van der Waals surface area contributed by atoms with E-state index in [1.807, 2.05) is 0 Å². The van der Waals surface area contributed by atoms with Crippen LogP contribution in [0, 0.1) is 10.5 Å². The van der Waals surface area contributed by atoms with Crippen molar-refractivity contribution in [3.05, 3.63) is 4.91 Å². The second-order valence-electron chi connectivity index (χ2n) is 0. The van der Waals surface area contributed by atoms with E-state index >= 15 is 0 Å². The Morgan fingerprint density at radius 1 is 1.50 bits per heavy atom. The average Bonchev–Trinajstić information content (AvgIpc) is 1.50. The van der Waals surface area contributed by atoms with Gasteiger partial charge in [0.15, 0.2) is 0 Å². The number of hydrogen-bond donors (Lipinski definition) is 1. The summed E-state index contributed by atoms with van der Waals surface area (Å²) in [5.74, 6) is 0. The molecule has 0 aliphatic carbocycles. The molecule has 0 amide bonds. The molecule has 0 rings (SSSR count). The third kappa shape index (κ3) is 58.2. The Kier molecular flexibility index (Phi) is 607. The van der Waals surface area contributed by atoms with Crippen LogP contribution in [-0.4, -0.2) is 0 Å². The predicted molar refractivity (Wildman–Crippen MR) is 7.19 cm³/mol. The maximum atomic E-state index is 9.50. The quantitative estimate of drug-likeness (QED) is 0.352. The van der Waals surface area contributed by atoms with E-state index in [0.29, 0.717) is 21.0 Å². The standard InChI is InChI=1S/FH.HNO.Ti/c;1-2;/h1H;1H;/q;;+1/p-1. The molecule has 23 valence electrons. The van der Waals surface area contributed by atoms with Gasteiger partial charge in [-0.2, -0.15) is 4.91 Å². The van der Waals surface area contributed by atoms with Gasteiger partial charge in [-0.25, -0.2) is 0 Å². The van der Waals surface area contributed by atoms with E-state index in [1.54, 1.807) is 0 Å². The molecule has 0 heterocycles. The molecule has 0 radical (unpaired) electrons. The van der Waals surface area contributed by atoms with Crippen molar-refractivity contribution >= 4 is 0 Å². The molecule has 0 aliphatic rings. The van der Waals surface area contributed by atoms with Gasteiger partial charge in [0.25, 0.3) is 0 Å². The van der Waals surface area contributed by atoms with Crippen molar-refractivity contribution in [1.82, 2.24) is 0 Å². The SMILES string of the molecule is N=O.[F][Ti]. The number of rotatable bonds is 0. The molecule has 0 aromatic heterocycles. The number of nitroso groups, excluding NO2 is 1. The molecule has 0 aromatic rings. The second kappa shape index (κ2) is 274. The van der Waals surface area contributed by atoms with Crippen molar-refractivity contribution in [2.45, 2.75) is 0 Å². The van der Waals surface area contributed by atoms with Crippen LogP contribution in [0.25, 0.3) is 0 Å². The van der Waals surface area contributed by atoms with Gasteiger partial charge in [-0.3, -0.25) is 0 Å². The summed E-state index contributed by atoms with van der Waals surface area (Å²) in [6.45, 7) is 0. The molecule has 0 fully saturated rings. The minimum atomic E-state index is 0.500. The van der Waals surface area contributed by atoms with Crippen molar-refractivity contribution in [1.29, 1.82) is 5.59 Å². The summed E-state index contributed by atoms with van der Waals surface area (Å²) in [6.07, 6.45) is 0. The number of hydrogen-bond acceptors (Lipinski definition) is 2. The van der Waals surface area contributed by atoms with Crippen LogP contribution >= 0.6 is 0 Å². The Morgan fingerprint density at radius 2 is 1.50 bits per heavy atom. The fourth-order valence-corrected chi connectivity index (χ4v) is 0. The molecule has 0 unspecified atom stereocenters. The molecule has 4 heavy (non-hydrogen) atoms. The Bertz CT molecular complexity index is 8.00. The minimum absolute atomic E-state index is 0.500. The summed E-state index contributed by atoms with van der Waals surface area (Å²) in [7, 11) is 0. The van der Waals surface area contributed by atoms with Crippen LogP contribution in [0.2, 0.25) is 0 Å². The van der Waals surface area contributed by atoms with E-state index in [-0.39, 0.29) is 0 Å². The molecule has 0 saturated heterocycles. The van der Waals surface area contributed by atoms with E-state index in [1.165, 1.54) is 0 Å². The zero-order valence-electron chi connectivity index (χ0n) is 1.79. The van der Waals surface area contributed by atoms with E-state index in [0.717, 1.165) is 0 Å². The summed E-state index contributed by atoms with van der Waals surface area (Å²) in [6, 6.07) is 0. The zero-order valence-corrected chi connectivity index (χ0v) is 3.35. The molecule has 4 heteroatoms. The van der Waals surface area contributed by atoms with Crippen LogP contribution in [0.1, 0.15) is 0 Å². The molecule has 0 bridgehead atoms. The van der Waals surface area contributed by atoms with Crippen molar-refractivity contribution in [2.24, 2.45) is 0 Å². The van der Waals surface area contributed by atoms with Crippen LogP contribution in [0.15, 0.2) is 0 Å². The van der Waals surface area contributed by atoms with Crippen molar-refractivity contribution in [3.63, 3.8) is 0 Å². The first-order valence-corrected chi connectivity index (χ1v) is 0.983.